The van der Waals surface area contributed by atoms with Crippen LogP contribution in [-0.4, -0.2) is 18.1 Å². The lowest BCUT2D eigenvalue weighted by molar-refractivity contribution is 0.303. The lowest BCUT2D eigenvalue weighted by atomic mass is 9.83. The van der Waals surface area contributed by atoms with E-state index in [1.807, 2.05) is 0 Å². The van der Waals surface area contributed by atoms with E-state index in [-0.39, 0.29) is 0 Å². The van der Waals surface area contributed by atoms with Crippen molar-refractivity contribution in [1.82, 2.24) is 4.98 Å². The van der Waals surface area contributed by atoms with Crippen molar-refractivity contribution < 1.29 is 0 Å². The molecule has 0 aliphatic heterocycles. The number of nitrogens with zero attached hydrogens (tertiary/aromatic N) is 1. The zero-order chi connectivity index (χ0) is 13.7. The molecule has 2 rings (SSSR count). The molecule has 2 N–H and O–H groups in total. The third-order valence-corrected chi connectivity index (χ3v) is 4.12. The number of nitrogens with one attached hydrogen (secondary N) is 2. The van der Waals surface area contributed by atoms with Crippen molar-refractivity contribution in [3.63, 3.8) is 0 Å². The number of anilines is 2. The van der Waals surface area contributed by atoms with E-state index in [1.165, 1.54) is 25.7 Å². The number of aromatic nitrogens is 1. The van der Waals surface area contributed by atoms with Crippen molar-refractivity contribution in [3.05, 3.63) is 16.1 Å². The normalized spacial score (nSPS) is 15.1. The summed E-state index contributed by atoms with van der Waals surface area (Å²) < 4.78 is 0. The molecule has 0 aromatic carbocycles. The van der Waals surface area contributed by atoms with Crippen LogP contribution in [0, 0.1) is 5.92 Å². The molecule has 0 spiro atoms. The van der Waals surface area contributed by atoms with E-state index < -0.39 is 0 Å². The Bertz CT molecular complexity index is 419. The smallest absolute Gasteiger partial charge is 0.147 e. The first-order valence-corrected chi connectivity index (χ1v) is 7.80. The van der Waals surface area contributed by atoms with Crippen LogP contribution in [0.15, 0.2) is 6.07 Å². The maximum Gasteiger partial charge on any atom is 0.147 e. The van der Waals surface area contributed by atoms with Gasteiger partial charge in [-0.15, -0.1) is 0 Å². The highest BCUT2D eigenvalue weighted by atomic mass is 35.5. The number of pyridine rings is 1. The van der Waals surface area contributed by atoms with Gasteiger partial charge in [-0.2, -0.15) is 0 Å². The van der Waals surface area contributed by atoms with E-state index in [9.17, 15) is 0 Å². The molecule has 0 amide bonds. The van der Waals surface area contributed by atoms with Gasteiger partial charge in [-0.05, 0) is 24.8 Å². The van der Waals surface area contributed by atoms with Crippen molar-refractivity contribution in [2.45, 2.75) is 39.0 Å². The van der Waals surface area contributed by atoms with Gasteiger partial charge >= 0.3 is 0 Å². The highest BCUT2D eigenvalue weighted by Crippen LogP contribution is 2.31. The fourth-order valence-electron chi connectivity index (χ4n) is 2.13. The number of halogens is 2. The Kier molecular flexibility index (Phi) is 5.59. The van der Waals surface area contributed by atoms with Gasteiger partial charge in [0.2, 0.25) is 0 Å². The first kappa shape index (κ1) is 14.7. The predicted octanol–water partition coefficient (Wildman–Crippen LogP) is 4.81. The Morgan fingerprint density at radius 1 is 1.16 bits per heavy atom. The van der Waals surface area contributed by atoms with Crippen LogP contribution in [0.25, 0.3) is 0 Å². The van der Waals surface area contributed by atoms with Gasteiger partial charge in [0.15, 0.2) is 0 Å². The second-order valence-electron chi connectivity index (χ2n) is 5.09. The highest BCUT2D eigenvalue weighted by Gasteiger charge is 2.17. The molecule has 19 heavy (non-hydrogen) atoms. The van der Waals surface area contributed by atoms with Crippen molar-refractivity contribution >= 4 is 34.8 Å². The fourth-order valence-corrected chi connectivity index (χ4v) is 2.63. The van der Waals surface area contributed by atoms with Crippen LogP contribution in [0.1, 0.15) is 39.0 Å². The molecular formula is C14H21Cl2N3. The summed E-state index contributed by atoms with van der Waals surface area (Å²) in [4.78, 5) is 4.46. The summed E-state index contributed by atoms with van der Waals surface area (Å²) in [7, 11) is 0. The second kappa shape index (κ2) is 7.20. The maximum absolute atomic E-state index is 6.16. The Morgan fingerprint density at radius 2 is 1.79 bits per heavy atom. The SMILES string of the molecule is CCCNc1nc(NCCC2CCC2)c(Cl)cc1Cl. The number of hydrogen-bond donors (Lipinski definition) is 2. The minimum atomic E-state index is 0.572. The summed E-state index contributed by atoms with van der Waals surface area (Å²) in [6, 6.07) is 1.75. The van der Waals surface area contributed by atoms with Gasteiger partial charge in [0.05, 0.1) is 10.0 Å². The monoisotopic (exact) mass is 301 g/mol. The third-order valence-electron chi connectivity index (χ3n) is 3.54. The summed E-state index contributed by atoms with van der Waals surface area (Å²) in [6.45, 7) is 3.89. The van der Waals surface area contributed by atoms with Gasteiger partial charge in [0.25, 0.3) is 0 Å². The van der Waals surface area contributed by atoms with E-state index in [4.69, 9.17) is 23.2 Å². The van der Waals surface area contributed by atoms with Crippen LogP contribution >= 0.6 is 23.2 Å². The van der Waals surface area contributed by atoms with Crippen LogP contribution in [0.2, 0.25) is 10.0 Å². The molecule has 106 valence electrons. The van der Waals surface area contributed by atoms with Crippen LogP contribution in [0.5, 0.6) is 0 Å². The molecule has 1 aliphatic rings. The van der Waals surface area contributed by atoms with Gasteiger partial charge in [-0.3, -0.25) is 0 Å². The molecular weight excluding hydrogens is 281 g/mol. The topological polar surface area (TPSA) is 37.0 Å². The van der Waals surface area contributed by atoms with E-state index in [1.54, 1.807) is 6.07 Å². The molecule has 0 atom stereocenters. The molecule has 1 aromatic rings. The maximum atomic E-state index is 6.16. The molecule has 1 fully saturated rings. The molecule has 0 radical (unpaired) electrons. The molecule has 5 heteroatoms. The van der Waals surface area contributed by atoms with Crippen LogP contribution in [-0.2, 0) is 0 Å². The zero-order valence-electron chi connectivity index (χ0n) is 11.3. The van der Waals surface area contributed by atoms with Crippen molar-refractivity contribution in [1.29, 1.82) is 0 Å². The summed E-state index contributed by atoms with van der Waals surface area (Å²) >= 11 is 12.3. The van der Waals surface area contributed by atoms with Gasteiger partial charge < -0.3 is 10.6 Å². The molecule has 1 aliphatic carbocycles. The largest absolute Gasteiger partial charge is 0.369 e. The van der Waals surface area contributed by atoms with Crippen LogP contribution in [0.4, 0.5) is 11.6 Å². The Morgan fingerprint density at radius 3 is 2.32 bits per heavy atom. The van der Waals surface area contributed by atoms with Gasteiger partial charge in [0, 0.05) is 13.1 Å². The summed E-state index contributed by atoms with van der Waals surface area (Å²) in [5.41, 5.74) is 0. The average molecular weight is 302 g/mol. The third kappa shape index (κ3) is 4.15. The second-order valence-corrected chi connectivity index (χ2v) is 5.90. The van der Waals surface area contributed by atoms with E-state index in [0.717, 1.165) is 31.2 Å². The van der Waals surface area contributed by atoms with Gasteiger partial charge in [-0.25, -0.2) is 4.98 Å². The minimum absolute atomic E-state index is 0.572. The summed E-state index contributed by atoms with van der Waals surface area (Å²) in [5, 5.41) is 7.68. The lowest BCUT2D eigenvalue weighted by Crippen LogP contribution is -2.16. The van der Waals surface area contributed by atoms with Crippen LogP contribution in [0.3, 0.4) is 0 Å². The minimum Gasteiger partial charge on any atom is -0.369 e. The zero-order valence-corrected chi connectivity index (χ0v) is 12.8. The molecule has 3 nitrogen and oxygen atoms in total. The first-order valence-electron chi connectivity index (χ1n) is 7.04. The predicted molar refractivity (Wildman–Crippen MR) is 83.5 cm³/mol. The standard InChI is InChI=1S/C14H21Cl2N3/c1-2-7-17-13-11(15)9-12(16)14(19-13)18-8-6-10-4-3-5-10/h9-10H,2-8H2,1H3,(H2,17,18,19). The highest BCUT2D eigenvalue weighted by molar-refractivity contribution is 6.37. The summed E-state index contributed by atoms with van der Waals surface area (Å²) in [6.07, 6.45) is 6.35. The molecule has 0 bridgehead atoms. The Labute approximate surface area is 125 Å². The number of rotatable bonds is 7. The molecule has 1 aromatic heterocycles. The molecule has 0 unspecified atom stereocenters. The fraction of sp³-hybridized carbons (Fsp3) is 0.643. The van der Waals surface area contributed by atoms with Crippen molar-refractivity contribution in [3.8, 4) is 0 Å². The Balaban J connectivity index is 1.93. The quantitative estimate of drug-likeness (QED) is 0.758. The number of hydrogen-bond acceptors (Lipinski definition) is 3. The van der Waals surface area contributed by atoms with Gasteiger partial charge in [0.1, 0.15) is 11.6 Å². The average Bonchev–Trinajstić information content (AvgIpc) is 2.33. The van der Waals surface area contributed by atoms with E-state index in [2.05, 4.69) is 22.5 Å². The Hall–Kier alpha value is -0.670. The van der Waals surface area contributed by atoms with Crippen molar-refractivity contribution in [2.75, 3.05) is 23.7 Å². The van der Waals surface area contributed by atoms with Gasteiger partial charge in [-0.1, -0.05) is 49.4 Å². The molecule has 0 saturated heterocycles. The molecule has 1 heterocycles. The van der Waals surface area contributed by atoms with E-state index in [0.29, 0.717) is 15.9 Å². The van der Waals surface area contributed by atoms with Crippen LogP contribution < -0.4 is 10.6 Å². The van der Waals surface area contributed by atoms with Crippen molar-refractivity contribution in [2.24, 2.45) is 5.92 Å². The molecule has 1 saturated carbocycles. The van der Waals surface area contributed by atoms with E-state index >= 15 is 0 Å². The summed E-state index contributed by atoms with van der Waals surface area (Å²) in [5.74, 6) is 2.32. The first-order chi connectivity index (χ1) is 9.20. The lowest BCUT2D eigenvalue weighted by Gasteiger charge is -2.25.